The normalized spacial score (nSPS) is 19.9. The van der Waals surface area contributed by atoms with Crippen molar-refractivity contribution in [2.24, 2.45) is 0 Å². The van der Waals surface area contributed by atoms with E-state index in [2.05, 4.69) is 5.32 Å². The summed E-state index contributed by atoms with van der Waals surface area (Å²) in [5.41, 5.74) is 0.344. The van der Waals surface area contributed by atoms with Gasteiger partial charge in [0.25, 0.3) is 0 Å². The molecule has 7 nitrogen and oxygen atoms in total. The number of rotatable bonds is 4. The van der Waals surface area contributed by atoms with Gasteiger partial charge < -0.3 is 19.9 Å². The lowest BCUT2D eigenvalue weighted by atomic mass is 10.1. The van der Waals surface area contributed by atoms with Crippen molar-refractivity contribution in [3.05, 3.63) is 35.9 Å². The van der Waals surface area contributed by atoms with Crippen LogP contribution in [0.25, 0.3) is 0 Å². The minimum Gasteiger partial charge on any atom is -0.444 e. The van der Waals surface area contributed by atoms with Gasteiger partial charge in [-0.2, -0.15) is 0 Å². The van der Waals surface area contributed by atoms with Gasteiger partial charge in [-0.25, -0.2) is 4.79 Å². The molecule has 1 fully saturated rings. The molecule has 1 aliphatic heterocycles. The van der Waals surface area contributed by atoms with Gasteiger partial charge in [0.1, 0.15) is 5.60 Å². The van der Waals surface area contributed by atoms with E-state index in [-0.39, 0.29) is 43.0 Å². The Morgan fingerprint density at radius 2 is 1.61 bits per heavy atom. The van der Waals surface area contributed by atoms with Crippen LogP contribution >= 0.6 is 0 Å². The molecule has 7 heteroatoms. The molecule has 2 rings (SSSR count). The molecule has 2 atom stereocenters. The first-order valence-corrected chi connectivity index (χ1v) is 9.66. The van der Waals surface area contributed by atoms with Gasteiger partial charge in [-0.3, -0.25) is 9.59 Å². The van der Waals surface area contributed by atoms with Crippen LogP contribution in [-0.2, 0) is 20.7 Å². The number of ether oxygens (including phenoxy) is 1. The van der Waals surface area contributed by atoms with Crippen molar-refractivity contribution in [1.29, 1.82) is 0 Å². The first-order valence-electron chi connectivity index (χ1n) is 9.66. The van der Waals surface area contributed by atoms with E-state index in [1.807, 2.05) is 65.0 Å². The van der Waals surface area contributed by atoms with Crippen molar-refractivity contribution in [3.8, 4) is 0 Å². The molecule has 0 bridgehead atoms. The molecule has 1 aliphatic rings. The van der Waals surface area contributed by atoms with Crippen molar-refractivity contribution < 1.29 is 19.1 Å². The van der Waals surface area contributed by atoms with Crippen molar-refractivity contribution in [3.63, 3.8) is 0 Å². The smallest absolute Gasteiger partial charge is 0.410 e. The molecule has 0 saturated carbocycles. The lowest BCUT2D eigenvalue weighted by Crippen LogP contribution is -2.61. The molecule has 0 aromatic heterocycles. The summed E-state index contributed by atoms with van der Waals surface area (Å²) in [6, 6.07) is 9.09. The van der Waals surface area contributed by atoms with Gasteiger partial charge in [0, 0.05) is 25.2 Å². The number of carbonyl (C=O) groups excluding carboxylic acids is 3. The fourth-order valence-electron chi connectivity index (χ4n) is 3.17. The number of nitrogens with one attached hydrogen (secondary N) is 1. The Hall–Kier alpha value is -2.57. The minimum atomic E-state index is -0.559. The van der Waals surface area contributed by atoms with Crippen LogP contribution in [0.4, 0.5) is 4.79 Å². The SMILES string of the molecule is C[C@H]1CN(C(=O)OC(C)(C)C)[C@@H](C)CN1C(=O)CNC(=O)Cc1ccccc1. The molecule has 0 aliphatic carbocycles. The fraction of sp³-hybridized carbons (Fsp3) is 0.571. The van der Waals surface area contributed by atoms with Crippen molar-refractivity contribution >= 4 is 17.9 Å². The van der Waals surface area contributed by atoms with Crippen molar-refractivity contribution in [1.82, 2.24) is 15.1 Å². The quantitative estimate of drug-likeness (QED) is 0.856. The molecule has 0 spiro atoms. The maximum atomic E-state index is 12.6. The molecule has 1 N–H and O–H groups in total. The molecule has 28 heavy (non-hydrogen) atoms. The van der Waals surface area contributed by atoms with Gasteiger partial charge in [0.15, 0.2) is 0 Å². The summed E-state index contributed by atoms with van der Waals surface area (Å²) in [6.45, 7) is 10.0. The molecular formula is C21H31N3O4. The van der Waals surface area contributed by atoms with Gasteiger partial charge in [-0.15, -0.1) is 0 Å². The summed E-state index contributed by atoms with van der Waals surface area (Å²) in [4.78, 5) is 40.4. The Morgan fingerprint density at radius 3 is 2.21 bits per heavy atom. The van der Waals surface area contributed by atoms with Crippen LogP contribution in [0.1, 0.15) is 40.2 Å². The minimum absolute atomic E-state index is 0.0465. The van der Waals surface area contributed by atoms with Gasteiger partial charge in [-0.1, -0.05) is 30.3 Å². The Bertz CT molecular complexity index is 699. The van der Waals surface area contributed by atoms with E-state index in [1.165, 1.54) is 0 Å². The maximum absolute atomic E-state index is 12.6. The summed E-state index contributed by atoms with van der Waals surface area (Å²) in [5, 5.41) is 2.69. The standard InChI is InChI=1S/C21H31N3O4/c1-15-14-24(20(27)28-21(3,4)5)16(2)13-23(15)19(26)12-22-18(25)11-17-9-7-6-8-10-17/h6-10,15-16H,11-14H2,1-5H3,(H,22,25)/t15-,16-/m0/s1. The fourth-order valence-corrected chi connectivity index (χ4v) is 3.17. The van der Waals surface area contributed by atoms with Crippen LogP contribution in [0.5, 0.6) is 0 Å². The third-order valence-electron chi connectivity index (χ3n) is 4.58. The molecule has 1 saturated heterocycles. The zero-order valence-corrected chi connectivity index (χ0v) is 17.4. The second-order valence-electron chi connectivity index (χ2n) is 8.32. The second-order valence-corrected chi connectivity index (χ2v) is 8.32. The largest absolute Gasteiger partial charge is 0.444 e. The Balaban J connectivity index is 1.86. The van der Waals surface area contributed by atoms with Gasteiger partial charge in [-0.05, 0) is 40.2 Å². The molecule has 0 unspecified atom stereocenters. The first-order chi connectivity index (χ1) is 13.1. The average Bonchev–Trinajstić information content (AvgIpc) is 2.60. The predicted molar refractivity (Wildman–Crippen MR) is 107 cm³/mol. The maximum Gasteiger partial charge on any atom is 0.410 e. The lowest BCUT2D eigenvalue weighted by Gasteiger charge is -2.44. The monoisotopic (exact) mass is 389 g/mol. The topological polar surface area (TPSA) is 79.0 Å². The number of amides is 3. The third kappa shape index (κ3) is 6.25. The Kier molecular flexibility index (Phi) is 7.05. The van der Waals surface area contributed by atoms with Crippen molar-refractivity contribution in [2.75, 3.05) is 19.6 Å². The van der Waals surface area contributed by atoms with E-state index in [9.17, 15) is 14.4 Å². The number of nitrogens with zero attached hydrogens (tertiary/aromatic N) is 2. The molecular weight excluding hydrogens is 358 g/mol. The average molecular weight is 389 g/mol. The number of benzene rings is 1. The van der Waals surface area contributed by atoms with E-state index in [4.69, 9.17) is 4.74 Å². The highest BCUT2D eigenvalue weighted by molar-refractivity contribution is 5.86. The van der Waals surface area contributed by atoms with Gasteiger partial charge in [0.05, 0.1) is 13.0 Å². The summed E-state index contributed by atoms with van der Waals surface area (Å²) in [7, 11) is 0. The van der Waals surface area contributed by atoms with Crippen LogP contribution in [-0.4, -0.2) is 65.0 Å². The van der Waals surface area contributed by atoms with Crippen molar-refractivity contribution in [2.45, 2.75) is 58.7 Å². The summed E-state index contributed by atoms with van der Waals surface area (Å²) in [5.74, 6) is -0.336. The summed E-state index contributed by atoms with van der Waals surface area (Å²) < 4.78 is 5.45. The second kappa shape index (κ2) is 9.08. The molecule has 154 valence electrons. The van der Waals surface area contributed by atoms with Crippen LogP contribution in [0, 0.1) is 0 Å². The zero-order chi connectivity index (χ0) is 20.9. The molecule has 1 aromatic rings. The summed E-state index contributed by atoms with van der Waals surface area (Å²) in [6.07, 6.45) is -0.123. The van der Waals surface area contributed by atoms with E-state index in [1.54, 1.807) is 9.80 Å². The van der Waals surface area contributed by atoms with E-state index in [0.717, 1.165) is 5.56 Å². The van der Waals surface area contributed by atoms with Gasteiger partial charge in [0.2, 0.25) is 11.8 Å². The van der Waals surface area contributed by atoms with Crippen LogP contribution in [0.3, 0.4) is 0 Å². The Labute approximate surface area is 167 Å². The highest BCUT2D eigenvalue weighted by Gasteiger charge is 2.36. The van der Waals surface area contributed by atoms with E-state index in [0.29, 0.717) is 13.1 Å². The van der Waals surface area contributed by atoms with Crippen LogP contribution in [0.2, 0.25) is 0 Å². The lowest BCUT2D eigenvalue weighted by molar-refractivity contribution is -0.137. The van der Waals surface area contributed by atoms with E-state index < -0.39 is 5.60 Å². The highest BCUT2D eigenvalue weighted by atomic mass is 16.6. The number of carbonyl (C=O) groups is 3. The number of piperazine rings is 1. The van der Waals surface area contributed by atoms with Gasteiger partial charge >= 0.3 is 6.09 Å². The first kappa shape index (κ1) is 21.7. The van der Waals surface area contributed by atoms with Crippen LogP contribution in [0.15, 0.2) is 30.3 Å². The molecule has 3 amide bonds. The summed E-state index contributed by atoms with van der Waals surface area (Å²) >= 11 is 0. The van der Waals surface area contributed by atoms with Crippen LogP contribution < -0.4 is 5.32 Å². The third-order valence-corrected chi connectivity index (χ3v) is 4.58. The number of hydrogen-bond donors (Lipinski definition) is 1. The molecule has 1 aromatic carbocycles. The number of hydrogen-bond acceptors (Lipinski definition) is 4. The van der Waals surface area contributed by atoms with E-state index >= 15 is 0 Å². The predicted octanol–water partition coefficient (Wildman–Crippen LogP) is 2.20. The zero-order valence-electron chi connectivity index (χ0n) is 17.4. The highest BCUT2D eigenvalue weighted by Crippen LogP contribution is 2.19. The molecule has 0 radical (unpaired) electrons. The Morgan fingerprint density at radius 1 is 1.04 bits per heavy atom. The molecule has 1 heterocycles.